The van der Waals surface area contributed by atoms with E-state index in [-0.39, 0.29) is 21.0 Å². The molecule has 0 radical (unpaired) electrons. The second kappa shape index (κ2) is 4.78. The van der Waals surface area contributed by atoms with Crippen molar-refractivity contribution in [1.29, 1.82) is 0 Å². The van der Waals surface area contributed by atoms with Gasteiger partial charge in [-0.25, -0.2) is 14.9 Å². The molecule has 2 aromatic rings. The average Bonchev–Trinajstić information content (AvgIpc) is 2.61. The van der Waals surface area contributed by atoms with Crippen LogP contribution in [0.1, 0.15) is 0 Å². The first-order valence-electron chi connectivity index (χ1n) is 4.59. The Morgan fingerprint density at radius 3 is 2.83 bits per heavy atom. The van der Waals surface area contributed by atoms with Gasteiger partial charge in [0, 0.05) is 13.1 Å². The largest absolute Gasteiger partial charge is 0.343 e. The summed E-state index contributed by atoms with van der Waals surface area (Å²) in [4.78, 5) is 25.3. The third-order valence-electron chi connectivity index (χ3n) is 2.03. The van der Waals surface area contributed by atoms with Crippen LogP contribution < -0.4 is 5.69 Å². The summed E-state index contributed by atoms with van der Waals surface area (Å²) in [7, 11) is 1.49. The van der Waals surface area contributed by atoms with Crippen LogP contribution in [0.15, 0.2) is 27.1 Å². The van der Waals surface area contributed by atoms with Gasteiger partial charge in [-0.15, -0.1) is 5.10 Å². The molecule has 1 N–H and O–H groups in total. The van der Waals surface area contributed by atoms with Gasteiger partial charge in [0.2, 0.25) is 0 Å². The molecule has 18 heavy (non-hydrogen) atoms. The predicted molar refractivity (Wildman–Crippen MR) is 63.9 cm³/mol. The minimum absolute atomic E-state index is 0.0783. The van der Waals surface area contributed by atoms with Crippen molar-refractivity contribution in [2.75, 3.05) is 0 Å². The molecular weight excluding hydrogens is 282 g/mol. The summed E-state index contributed by atoms with van der Waals surface area (Å²) in [5.41, 5.74) is -0.609. The Morgan fingerprint density at radius 2 is 2.28 bits per heavy atom. The minimum Gasteiger partial charge on any atom is -0.273 e. The molecule has 0 saturated heterocycles. The number of H-pyrrole nitrogens is 1. The lowest BCUT2D eigenvalue weighted by molar-refractivity contribution is -0.388. The SMILES string of the molecule is Cn1c(Sc2nc(Cl)ccc2[N+](=O)[O-])n[nH]c1=O. The van der Waals surface area contributed by atoms with Crippen LogP contribution in [-0.2, 0) is 7.05 Å². The molecule has 10 heteroatoms. The number of hydrogen-bond acceptors (Lipinski definition) is 6. The summed E-state index contributed by atoms with van der Waals surface area (Å²) >= 11 is 6.58. The normalized spacial score (nSPS) is 10.6. The molecule has 0 bridgehead atoms. The van der Waals surface area contributed by atoms with E-state index in [0.717, 1.165) is 11.8 Å². The zero-order chi connectivity index (χ0) is 13.3. The van der Waals surface area contributed by atoms with Crippen molar-refractivity contribution in [3.05, 3.63) is 37.9 Å². The van der Waals surface area contributed by atoms with E-state index in [1.807, 2.05) is 0 Å². The fourth-order valence-electron chi connectivity index (χ4n) is 1.13. The average molecular weight is 288 g/mol. The van der Waals surface area contributed by atoms with Crippen molar-refractivity contribution in [1.82, 2.24) is 19.7 Å². The van der Waals surface area contributed by atoms with Gasteiger partial charge in [0.25, 0.3) is 0 Å². The number of halogens is 1. The standard InChI is InChI=1S/C8H6ClN5O3S/c1-13-7(15)11-12-8(13)18-6-4(14(16)17)2-3-5(9)10-6/h2-3H,1H3,(H,11,15). The van der Waals surface area contributed by atoms with Gasteiger partial charge in [-0.3, -0.25) is 14.7 Å². The van der Waals surface area contributed by atoms with Crippen LogP contribution in [0.25, 0.3) is 0 Å². The Kier molecular flexibility index (Phi) is 3.34. The number of nitrogens with zero attached hydrogens (tertiary/aromatic N) is 4. The Morgan fingerprint density at radius 1 is 1.56 bits per heavy atom. The lowest BCUT2D eigenvalue weighted by atomic mass is 10.4. The summed E-state index contributed by atoms with van der Waals surface area (Å²) in [5, 5.41) is 17.2. The molecule has 2 heterocycles. The number of hydrogen-bond donors (Lipinski definition) is 1. The molecule has 2 rings (SSSR count). The van der Waals surface area contributed by atoms with Crippen molar-refractivity contribution in [3.8, 4) is 0 Å². The van der Waals surface area contributed by atoms with Gasteiger partial charge in [0.1, 0.15) is 5.15 Å². The van der Waals surface area contributed by atoms with Crippen LogP contribution in [0.3, 0.4) is 0 Å². The van der Waals surface area contributed by atoms with Crippen LogP contribution in [-0.4, -0.2) is 24.7 Å². The summed E-state index contributed by atoms with van der Waals surface area (Å²) in [6.45, 7) is 0. The molecule has 0 aliphatic rings. The van der Waals surface area contributed by atoms with Gasteiger partial charge in [-0.2, -0.15) is 0 Å². The lowest BCUT2D eigenvalue weighted by Crippen LogP contribution is -2.12. The summed E-state index contributed by atoms with van der Waals surface area (Å²) in [6.07, 6.45) is 0. The molecule has 0 unspecified atom stereocenters. The van der Waals surface area contributed by atoms with E-state index in [4.69, 9.17) is 11.6 Å². The lowest BCUT2D eigenvalue weighted by Gasteiger charge is -2.01. The molecule has 0 saturated carbocycles. The van der Waals surface area contributed by atoms with Crippen LogP contribution in [0, 0.1) is 10.1 Å². The Bertz CT molecular complexity index is 667. The second-order valence-corrected chi connectivity index (χ2v) is 4.53. The quantitative estimate of drug-likeness (QED) is 0.517. The molecular formula is C8H6ClN5O3S. The molecule has 94 valence electrons. The topological polar surface area (TPSA) is 107 Å². The van der Waals surface area contributed by atoms with Gasteiger partial charge >= 0.3 is 11.4 Å². The fourth-order valence-corrected chi connectivity index (χ4v) is 2.21. The Balaban J connectivity index is 2.45. The second-order valence-electron chi connectivity index (χ2n) is 3.19. The fraction of sp³-hybridized carbons (Fsp3) is 0.125. The first-order valence-corrected chi connectivity index (χ1v) is 5.78. The highest BCUT2D eigenvalue weighted by molar-refractivity contribution is 7.99. The van der Waals surface area contributed by atoms with E-state index in [9.17, 15) is 14.9 Å². The smallest absolute Gasteiger partial charge is 0.273 e. The van der Waals surface area contributed by atoms with Crippen LogP contribution in [0.4, 0.5) is 5.69 Å². The van der Waals surface area contributed by atoms with Gasteiger partial charge in [0.05, 0.1) is 4.92 Å². The summed E-state index contributed by atoms with van der Waals surface area (Å²) in [6, 6.07) is 2.58. The van der Waals surface area contributed by atoms with Gasteiger partial charge in [-0.05, 0) is 17.8 Å². The maximum absolute atomic E-state index is 11.2. The molecule has 8 nitrogen and oxygen atoms in total. The van der Waals surface area contributed by atoms with Crippen molar-refractivity contribution in [2.45, 2.75) is 10.2 Å². The van der Waals surface area contributed by atoms with Crippen LogP contribution in [0.5, 0.6) is 0 Å². The Hall–Kier alpha value is -1.87. The molecule has 0 aliphatic carbocycles. The highest BCUT2D eigenvalue weighted by Crippen LogP contribution is 2.32. The molecule has 0 aliphatic heterocycles. The van der Waals surface area contributed by atoms with Gasteiger partial charge < -0.3 is 0 Å². The molecule has 0 spiro atoms. The number of pyridine rings is 1. The van der Waals surface area contributed by atoms with Crippen molar-refractivity contribution >= 4 is 29.1 Å². The first-order chi connectivity index (χ1) is 8.49. The van der Waals surface area contributed by atoms with E-state index in [1.54, 1.807) is 0 Å². The third kappa shape index (κ3) is 2.36. The summed E-state index contributed by atoms with van der Waals surface area (Å²) < 4.78 is 1.22. The summed E-state index contributed by atoms with van der Waals surface area (Å²) in [5.74, 6) is 0. The molecule has 0 aromatic carbocycles. The van der Waals surface area contributed by atoms with Crippen molar-refractivity contribution < 1.29 is 4.92 Å². The minimum atomic E-state index is -0.573. The number of nitrogens with one attached hydrogen (secondary N) is 1. The number of rotatable bonds is 3. The third-order valence-corrected chi connectivity index (χ3v) is 3.28. The van der Waals surface area contributed by atoms with Gasteiger partial charge in [0.15, 0.2) is 10.2 Å². The van der Waals surface area contributed by atoms with E-state index in [1.165, 1.54) is 23.7 Å². The van der Waals surface area contributed by atoms with Crippen molar-refractivity contribution in [2.24, 2.45) is 7.05 Å². The zero-order valence-corrected chi connectivity index (χ0v) is 10.5. The predicted octanol–water partition coefficient (Wildman–Crippen LogP) is 1.22. The van der Waals surface area contributed by atoms with Crippen molar-refractivity contribution in [3.63, 3.8) is 0 Å². The highest BCUT2D eigenvalue weighted by Gasteiger charge is 2.19. The molecule has 0 fully saturated rings. The zero-order valence-electron chi connectivity index (χ0n) is 8.95. The number of nitro groups is 1. The molecule has 0 atom stereocenters. The van der Waals surface area contributed by atoms with E-state index in [2.05, 4.69) is 15.2 Å². The van der Waals surface area contributed by atoms with Gasteiger partial charge in [-0.1, -0.05) is 11.6 Å². The van der Waals surface area contributed by atoms with E-state index in [0.29, 0.717) is 0 Å². The highest BCUT2D eigenvalue weighted by atomic mass is 35.5. The maximum atomic E-state index is 11.2. The van der Waals surface area contributed by atoms with E-state index < -0.39 is 10.6 Å². The molecule has 2 aromatic heterocycles. The first kappa shape index (κ1) is 12.6. The van der Waals surface area contributed by atoms with E-state index >= 15 is 0 Å². The Labute approximate surface area is 109 Å². The van der Waals surface area contributed by atoms with Crippen LogP contribution in [0.2, 0.25) is 5.15 Å². The van der Waals surface area contributed by atoms with Crippen LogP contribution >= 0.6 is 23.4 Å². The monoisotopic (exact) mass is 287 g/mol. The number of aromatic amines is 1. The molecule has 0 amide bonds. The number of aromatic nitrogens is 4. The maximum Gasteiger partial charge on any atom is 0.343 e.